The highest BCUT2D eigenvalue weighted by atomic mass is 16.7. The summed E-state index contributed by atoms with van der Waals surface area (Å²) in [5.74, 6) is 1.34. The summed E-state index contributed by atoms with van der Waals surface area (Å²) in [4.78, 5) is 12.5. The summed E-state index contributed by atoms with van der Waals surface area (Å²) in [5, 5.41) is 6.21. The van der Waals surface area contributed by atoms with Gasteiger partial charge >= 0.3 is 0 Å². The van der Waals surface area contributed by atoms with E-state index in [9.17, 15) is 4.79 Å². The third-order valence-electron chi connectivity index (χ3n) is 4.07. The van der Waals surface area contributed by atoms with Crippen molar-refractivity contribution in [1.82, 2.24) is 0 Å². The fraction of sp³-hybridized carbons (Fsp3) is 0.316. The average molecular weight is 326 g/mol. The Hall–Kier alpha value is -2.69. The molecule has 1 heterocycles. The van der Waals surface area contributed by atoms with Crippen LogP contribution in [0.25, 0.3) is 0 Å². The molecule has 0 saturated carbocycles. The zero-order chi connectivity index (χ0) is 17.3. The Bertz CT molecular complexity index is 763. The molecule has 0 unspecified atom stereocenters. The van der Waals surface area contributed by atoms with Crippen molar-refractivity contribution in [2.24, 2.45) is 0 Å². The van der Waals surface area contributed by atoms with Gasteiger partial charge in [0.15, 0.2) is 11.5 Å². The van der Waals surface area contributed by atoms with Gasteiger partial charge in [0.1, 0.15) is 6.04 Å². The zero-order valence-electron chi connectivity index (χ0n) is 14.4. The lowest BCUT2D eigenvalue weighted by Crippen LogP contribution is -2.32. The summed E-state index contributed by atoms with van der Waals surface area (Å²) in [5.41, 5.74) is 5.02. The van der Waals surface area contributed by atoms with Crippen molar-refractivity contribution in [2.75, 3.05) is 17.4 Å². The van der Waals surface area contributed by atoms with E-state index >= 15 is 0 Å². The summed E-state index contributed by atoms with van der Waals surface area (Å²) < 4.78 is 10.6. The van der Waals surface area contributed by atoms with Gasteiger partial charge in [-0.2, -0.15) is 0 Å². The van der Waals surface area contributed by atoms with E-state index in [1.165, 1.54) is 5.56 Å². The van der Waals surface area contributed by atoms with E-state index < -0.39 is 0 Å². The van der Waals surface area contributed by atoms with E-state index in [0.29, 0.717) is 5.75 Å². The Labute approximate surface area is 142 Å². The molecule has 0 radical (unpaired) electrons. The van der Waals surface area contributed by atoms with Crippen molar-refractivity contribution in [3.05, 3.63) is 47.0 Å². The maximum Gasteiger partial charge on any atom is 0.246 e. The first-order chi connectivity index (χ1) is 11.4. The van der Waals surface area contributed by atoms with Gasteiger partial charge in [0.2, 0.25) is 12.7 Å². The number of ether oxygens (including phenoxy) is 2. The van der Waals surface area contributed by atoms with Crippen molar-refractivity contribution in [2.45, 2.75) is 33.7 Å². The van der Waals surface area contributed by atoms with Crippen molar-refractivity contribution < 1.29 is 14.3 Å². The van der Waals surface area contributed by atoms with E-state index in [0.717, 1.165) is 28.3 Å². The van der Waals surface area contributed by atoms with Crippen LogP contribution in [0.4, 0.5) is 11.4 Å². The van der Waals surface area contributed by atoms with Crippen molar-refractivity contribution in [3.8, 4) is 11.5 Å². The number of benzene rings is 2. The Kier molecular flexibility index (Phi) is 4.34. The normalized spacial score (nSPS) is 13.5. The van der Waals surface area contributed by atoms with E-state index in [1.54, 1.807) is 0 Å². The Balaban J connectivity index is 1.69. The van der Waals surface area contributed by atoms with Gasteiger partial charge in [-0.25, -0.2) is 0 Å². The third kappa shape index (κ3) is 3.30. The molecule has 0 aromatic heterocycles. The molecule has 1 atom stereocenters. The lowest BCUT2D eigenvalue weighted by atomic mass is 10.0. The minimum absolute atomic E-state index is 0.0808. The highest BCUT2D eigenvalue weighted by molar-refractivity contribution is 5.97. The van der Waals surface area contributed by atoms with Gasteiger partial charge in [0.05, 0.1) is 0 Å². The molecule has 2 aromatic rings. The molecule has 126 valence electrons. The molecule has 5 heteroatoms. The van der Waals surface area contributed by atoms with Crippen LogP contribution in [0.15, 0.2) is 30.3 Å². The van der Waals surface area contributed by atoms with Crippen LogP contribution in [-0.2, 0) is 4.79 Å². The summed E-state index contributed by atoms with van der Waals surface area (Å²) in [6, 6.07) is 9.31. The molecule has 5 nitrogen and oxygen atoms in total. The van der Waals surface area contributed by atoms with E-state index in [-0.39, 0.29) is 18.7 Å². The number of rotatable bonds is 4. The Morgan fingerprint density at radius 2 is 1.71 bits per heavy atom. The van der Waals surface area contributed by atoms with Gasteiger partial charge in [-0.3, -0.25) is 4.79 Å². The van der Waals surface area contributed by atoms with Crippen molar-refractivity contribution in [1.29, 1.82) is 0 Å². The van der Waals surface area contributed by atoms with Crippen LogP contribution in [0.2, 0.25) is 0 Å². The zero-order valence-corrected chi connectivity index (χ0v) is 14.4. The molecular formula is C19H22N2O3. The molecule has 1 aliphatic rings. The highest BCUT2D eigenvalue weighted by Gasteiger charge is 2.18. The van der Waals surface area contributed by atoms with Gasteiger partial charge in [0, 0.05) is 17.4 Å². The van der Waals surface area contributed by atoms with Gasteiger partial charge in [-0.05, 0) is 51.0 Å². The van der Waals surface area contributed by atoms with E-state index in [2.05, 4.69) is 29.7 Å². The fourth-order valence-electron chi connectivity index (χ4n) is 2.91. The number of nitrogens with one attached hydrogen (secondary N) is 2. The summed E-state index contributed by atoms with van der Waals surface area (Å²) in [6.45, 7) is 8.13. The number of hydrogen-bond acceptors (Lipinski definition) is 4. The number of carbonyl (C=O) groups excluding carboxylic acids is 1. The number of amides is 1. The first-order valence-corrected chi connectivity index (χ1v) is 7.99. The van der Waals surface area contributed by atoms with Crippen LogP contribution in [0.5, 0.6) is 11.5 Å². The fourth-order valence-corrected chi connectivity index (χ4v) is 2.91. The van der Waals surface area contributed by atoms with Crippen LogP contribution in [0.3, 0.4) is 0 Å². The predicted octanol–water partition coefficient (Wildman–Crippen LogP) is 3.78. The minimum Gasteiger partial charge on any atom is -0.454 e. The monoisotopic (exact) mass is 326 g/mol. The second-order valence-corrected chi connectivity index (χ2v) is 6.20. The summed E-state index contributed by atoms with van der Waals surface area (Å²) in [6.07, 6.45) is 0. The lowest BCUT2D eigenvalue weighted by Gasteiger charge is -2.18. The number of carbonyl (C=O) groups is 1. The maximum absolute atomic E-state index is 12.5. The van der Waals surface area contributed by atoms with Crippen LogP contribution in [0.1, 0.15) is 23.6 Å². The maximum atomic E-state index is 12.5. The van der Waals surface area contributed by atoms with Gasteiger partial charge in [0.25, 0.3) is 0 Å². The number of aryl methyl sites for hydroxylation is 3. The number of anilines is 2. The minimum atomic E-state index is -0.384. The molecule has 1 aliphatic heterocycles. The van der Waals surface area contributed by atoms with Gasteiger partial charge in [-0.1, -0.05) is 17.7 Å². The standard InChI is InChI=1S/C19H22N2O3/c1-11-7-12(2)18(13(3)8-11)21-19(22)14(4)20-15-5-6-16-17(9-15)24-10-23-16/h5-9,14,20H,10H2,1-4H3,(H,21,22)/t14-/m0/s1. The molecule has 2 N–H and O–H groups in total. The van der Waals surface area contributed by atoms with Crippen LogP contribution in [-0.4, -0.2) is 18.7 Å². The second kappa shape index (κ2) is 6.43. The van der Waals surface area contributed by atoms with Gasteiger partial charge < -0.3 is 20.1 Å². The molecule has 0 bridgehead atoms. The Morgan fingerprint density at radius 1 is 1.04 bits per heavy atom. The molecule has 0 saturated heterocycles. The number of fused-ring (bicyclic) bond motifs is 1. The smallest absolute Gasteiger partial charge is 0.246 e. The second-order valence-electron chi connectivity index (χ2n) is 6.20. The average Bonchev–Trinajstić information content (AvgIpc) is 2.98. The molecule has 0 fully saturated rings. The number of hydrogen-bond donors (Lipinski definition) is 2. The van der Waals surface area contributed by atoms with Crippen molar-refractivity contribution in [3.63, 3.8) is 0 Å². The van der Waals surface area contributed by atoms with Crippen LogP contribution in [0, 0.1) is 20.8 Å². The molecule has 0 aliphatic carbocycles. The Morgan fingerprint density at radius 3 is 2.42 bits per heavy atom. The molecule has 2 aromatic carbocycles. The lowest BCUT2D eigenvalue weighted by molar-refractivity contribution is -0.116. The molecule has 1 amide bonds. The van der Waals surface area contributed by atoms with E-state index in [4.69, 9.17) is 9.47 Å². The molecule has 3 rings (SSSR count). The first kappa shape index (κ1) is 16.2. The molecular weight excluding hydrogens is 304 g/mol. The topological polar surface area (TPSA) is 59.6 Å². The van der Waals surface area contributed by atoms with Crippen molar-refractivity contribution >= 4 is 17.3 Å². The van der Waals surface area contributed by atoms with Gasteiger partial charge in [-0.15, -0.1) is 0 Å². The molecule has 0 spiro atoms. The third-order valence-corrected chi connectivity index (χ3v) is 4.07. The summed E-state index contributed by atoms with van der Waals surface area (Å²) in [7, 11) is 0. The highest BCUT2D eigenvalue weighted by Crippen LogP contribution is 2.34. The van der Waals surface area contributed by atoms with Crippen LogP contribution >= 0.6 is 0 Å². The first-order valence-electron chi connectivity index (χ1n) is 7.99. The largest absolute Gasteiger partial charge is 0.454 e. The summed E-state index contributed by atoms with van der Waals surface area (Å²) >= 11 is 0. The SMILES string of the molecule is Cc1cc(C)c(NC(=O)[C@H](C)Nc2ccc3c(c2)OCO3)c(C)c1. The molecule has 24 heavy (non-hydrogen) atoms. The van der Waals surface area contributed by atoms with E-state index in [1.807, 2.05) is 39.0 Å². The quantitative estimate of drug-likeness (QED) is 0.898. The predicted molar refractivity (Wildman–Crippen MR) is 94.9 cm³/mol. The van der Waals surface area contributed by atoms with Crippen LogP contribution < -0.4 is 20.1 Å².